The van der Waals surface area contributed by atoms with Gasteiger partial charge in [-0.25, -0.2) is 4.98 Å². The van der Waals surface area contributed by atoms with Crippen molar-refractivity contribution in [2.24, 2.45) is 0 Å². The van der Waals surface area contributed by atoms with E-state index in [1.54, 1.807) is 23.1 Å². The fraction of sp³-hybridized carbons (Fsp3) is 0.286. The Labute approximate surface area is 156 Å². The SMILES string of the molecule is Cc1cccc(C(O)C2CCCN2C(=O)c2nc3ccccc3[nH]c2=O)c1. The summed E-state index contributed by atoms with van der Waals surface area (Å²) in [6.07, 6.45) is 0.674. The summed E-state index contributed by atoms with van der Waals surface area (Å²) in [4.78, 5) is 34.0. The Balaban J connectivity index is 1.67. The molecule has 0 bridgehead atoms. The van der Waals surface area contributed by atoms with Crippen LogP contribution in [0.5, 0.6) is 0 Å². The molecule has 3 aromatic rings. The van der Waals surface area contributed by atoms with Crippen LogP contribution >= 0.6 is 0 Å². The molecule has 138 valence electrons. The van der Waals surface area contributed by atoms with E-state index in [0.29, 0.717) is 24.0 Å². The summed E-state index contributed by atoms with van der Waals surface area (Å²) in [5.74, 6) is -0.434. The van der Waals surface area contributed by atoms with Crippen molar-refractivity contribution in [3.05, 3.63) is 75.7 Å². The maximum Gasteiger partial charge on any atom is 0.280 e. The van der Waals surface area contributed by atoms with E-state index in [1.165, 1.54) is 0 Å². The third kappa shape index (κ3) is 3.24. The number of carbonyl (C=O) groups excluding carboxylic acids is 1. The number of benzene rings is 2. The molecule has 2 aromatic carbocycles. The van der Waals surface area contributed by atoms with Crippen molar-refractivity contribution in [2.75, 3.05) is 6.54 Å². The van der Waals surface area contributed by atoms with E-state index in [1.807, 2.05) is 37.3 Å². The van der Waals surface area contributed by atoms with Crippen LogP contribution in [0, 0.1) is 6.92 Å². The number of rotatable bonds is 3. The Morgan fingerprint density at radius 3 is 2.89 bits per heavy atom. The highest BCUT2D eigenvalue weighted by molar-refractivity contribution is 5.94. The van der Waals surface area contributed by atoms with Gasteiger partial charge in [-0.3, -0.25) is 9.59 Å². The number of nitrogens with one attached hydrogen (secondary N) is 1. The number of aryl methyl sites for hydroxylation is 1. The number of hydrogen-bond acceptors (Lipinski definition) is 4. The topological polar surface area (TPSA) is 86.3 Å². The number of carbonyl (C=O) groups is 1. The number of likely N-dealkylation sites (tertiary alicyclic amines) is 1. The molecule has 6 nitrogen and oxygen atoms in total. The zero-order chi connectivity index (χ0) is 19.0. The summed E-state index contributed by atoms with van der Waals surface area (Å²) < 4.78 is 0. The molecule has 1 fully saturated rings. The summed E-state index contributed by atoms with van der Waals surface area (Å²) in [5.41, 5.74) is 2.36. The minimum absolute atomic E-state index is 0.128. The Kier molecular flexibility index (Phi) is 4.49. The maximum absolute atomic E-state index is 13.1. The second kappa shape index (κ2) is 6.96. The van der Waals surface area contributed by atoms with E-state index in [2.05, 4.69) is 9.97 Å². The molecular formula is C21H21N3O3. The van der Waals surface area contributed by atoms with Crippen molar-refractivity contribution in [2.45, 2.75) is 31.9 Å². The third-order valence-corrected chi connectivity index (χ3v) is 5.11. The number of nitrogens with zero attached hydrogens (tertiary/aromatic N) is 2. The predicted molar refractivity (Wildman–Crippen MR) is 103 cm³/mol. The lowest BCUT2D eigenvalue weighted by Crippen LogP contribution is -2.42. The fourth-order valence-electron chi connectivity index (χ4n) is 3.76. The van der Waals surface area contributed by atoms with Gasteiger partial charge in [0.05, 0.1) is 23.2 Å². The van der Waals surface area contributed by atoms with Crippen molar-refractivity contribution in [3.8, 4) is 0 Å². The lowest BCUT2D eigenvalue weighted by molar-refractivity contribution is 0.0480. The predicted octanol–water partition coefficient (Wildman–Crippen LogP) is 2.57. The molecule has 1 saturated heterocycles. The molecule has 1 aliphatic rings. The highest BCUT2D eigenvalue weighted by Crippen LogP contribution is 2.30. The molecule has 2 N–H and O–H groups in total. The number of aliphatic hydroxyl groups excluding tert-OH is 1. The van der Waals surface area contributed by atoms with E-state index >= 15 is 0 Å². The van der Waals surface area contributed by atoms with Gasteiger partial charge in [0.15, 0.2) is 5.69 Å². The first-order chi connectivity index (χ1) is 13.0. The van der Waals surface area contributed by atoms with Crippen molar-refractivity contribution < 1.29 is 9.90 Å². The average Bonchev–Trinajstić information content (AvgIpc) is 3.16. The van der Waals surface area contributed by atoms with Crippen molar-refractivity contribution >= 4 is 16.9 Å². The number of aromatic amines is 1. The lowest BCUT2D eigenvalue weighted by atomic mass is 9.98. The number of amides is 1. The molecule has 4 rings (SSSR count). The van der Waals surface area contributed by atoms with E-state index < -0.39 is 17.6 Å². The molecule has 0 spiro atoms. The molecule has 0 radical (unpaired) electrons. The summed E-state index contributed by atoms with van der Waals surface area (Å²) in [6.45, 7) is 2.46. The van der Waals surface area contributed by atoms with Crippen LogP contribution in [-0.2, 0) is 0 Å². The summed E-state index contributed by atoms with van der Waals surface area (Å²) in [7, 11) is 0. The summed E-state index contributed by atoms with van der Waals surface area (Å²) >= 11 is 0. The van der Waals surface area contributed by atoms with Gasteiger partial charge >= 0.3 is 0 Å². The van der Waals surface area contributed by atoms with Crippen LogP contribution in [0.1, 0.15) is 40.6 Å². The highest BCUT2D eigenvalue weighted by atomic mass is 16.3. The van der Waals surface area contributed by atoms with Gasteiger partial charge < -0.3 is 15.0 Å². The fourth-order valence-corrected chi connectivity index (χ4v) is 3.76. The molecule has 0 aliphatic carbocycles. The molecule has 2 unspecified atom stereocenters. The number of H-pyrrole nitrogens is 1. The number of aromatic nitrogens is 2. The second-order valence-corrected chi connectivity index (χ2v) is 7.00. The largest absolute Gasteiger partial charge is 0.386 e. The maximum atomic E-state index is 13.1. The first-order valence-electron chi connectivity index (χ1n) is 9.09. The molecule has 2 heterocycles. The van der Waals surface area contributed by atoms with Gasteiger partial charge in [-0.15, -0.1) is 0 Å². The highest BCUT2D eigenvalue weighted by Gasteiger charge is 2.36. The Hall–Kier alpha value is -2.99. The van der Waals surface area contributed by atoms with E-state index in [0.717, 1.165) is 17.5 Å². The van der Waals surface area contributed by atoms with Crippen LogP contribution in [0.15, 0.2) is 53.3 Å². The number of fused-ring (bicyclic) bond motifs is 1. The Morgan fingerprint density at radius 2 is 2.07 bits per heavy atom. The zero-order valence-corrected chi connectivity index (χ0v) is 15.1. The van der Waals surface area contributed by atoms with Crippen LogP contribution in [0.3, 0.4) is 0 Å². The van der Waals surface area contributed by atoms with Crippen molar-refractivity contribution in [1.82, 2.24) is 14.9 Å². The van der Waals surface area contributed by atoms with Gasteiger partial charge in [0.2, 0.25) is 0 Å². The molecule has 27 heavy (non-hydrogen) atoms. The molecule has 1 aromatic heterocycles. The molecule has 1 amide bonds. The van der Waals surface area contributed by atoms with E-state index in [9.17, 15) is 14.7 Å². The smallest absolute Gasteiger partial charge is 0.280 e. The molecule has 1 aliphatic heterocycles. The number of hydrogen-bond donors (Lipinski definition) is 2. The first kappa shape index (κ1) is 17.4. The molecular weight excluding hydrogens is 342 g/mol. The van der Waals surface area contributed by atoms with Crippen molar-refractivity contribution in [3.63, 3.8) is 0 Å². The first-order valence-corrected chi connectivity index (χ1v) is 9.09. The molecule has 2 atom stereocenters. The minimum Gasteiger partial charge on any atom is -0.386 e. The molecule has 0 saturated carbocycles. The van der Waals surface area contributed by atoms with Gasteiger partial charge in [-0.05, 0) is 37.5 Å². The van der Waals surface area contributed by atoms with Gasteiger partial charge in [0, 0.05) is 6.54 Å². The number of para-hydroxylation sites is 2. The standard InChI is InChI=1S/C21H21N3O3/c1-13-6-4-7-14(12-13)19(25)17-10-5-11-24(17)21(27)18-20(26)23-16-9-3-2-8-15(16)22-18/h2-4,6-9,12,17,19,25H,5,10-11H2,1H3,(H,23,26). The van der Waals surface area contributed by atoms with Crippen LogP contribution < -0.4 is 5.56 Å². The lowest BCUT2D eigenvalue weighted by Gasteiger charge is -2.28. The Morgan fingerprint density at radius 1 is 1.26 bits per heavy atom. The minimum atomic E-state index is -0.795. The quantitative estimate of drug-likeness (QED) is 0.749. The van der Waals surface area contributed by atoms with Crippen LogP contribution in [0.2, 0.25) is 0 Å². The van der Waals surface area contributed by atoms with Crippen LogP contribution in [-0.4, -0.2) is 38.5 Å². The Bertz CT molecular complexity index is 1060. The van der Waals surface area contributed by atoms with Crippen LogP contribution in [0.4, 0.5) is 0 Å². The van der Waals surface area contributed by atoms with Gasteiger partial charge in [0.25, 0.3) is 11.5 Å². The van der Waals surface area contributed by atoms with E-state index in [4.69, 9.17) is 0 Å². The summed E-state index contributed by atoms with van der Waals surface area (Å²) in [6, 6.07) is 14.4. The monoisotopic (exact) mass is 363 g/mol. The normalized spacial score (nSPS) is 18.0. The number of aliphatic hydroxyl groups is 1. The second-order valence-electron chi connectivity index (χ2n) is 7.00. The van der Waals surface area contributed by atoms with Gasteiger partial charge in [-0.2, -0.15) is 0 Å². The zero-order valence-electron chi connectivity index (χ0n) is 15.1. The van der Waals surface area contributed by atoms with Crippen molar-refractivity contribution in [1.29, 1.82) is 0 Å². The third-order valence-electron chi connectivity index (χ3n) is 5.11. The van der Waals surface area contributed by atoms with Crippen LogP contribution in [0.25, 0.3) is 11.0 Å². The van der Waals surface area contributed by atoms with Gasteiger partial charge in [-0.1, -0.05) is 42.0 Å². The molecule has 6 heteroatoms. The van der Waals surface area contributed by atoms with Gasteiger partial charge in [0.1, 0.15) is 0 Å². The summed E-state index contributed by atoms with van der Waals surface area (Å²) in [5, 5.41) is 10.9. The average molecular weight is 363 g/mol. The van der Waals surface area contributed by atoms with E-state index in [-0.39, 0.29) is 11.7 Å².